The molecule has 0 aromatic heterocycles. The number of carbonyl (C=O) groups is 3. The Hall–Kier alpha value is -1.95. The highest BCUT2D eigenvalue weighted by atomic mass is 16.2. The number of hydrogen-bond donors (Lipinski definition) is 1. The number of amides is 3. The molecule has 4 atom stereocenters. The summed E-state index contributed by atoms with van der Waals surface area (Å²) in [7, 11) is 1.72. The minimum absolute atomic E-state index is 0.180. The highest BCUT2D eigenvalue weighted by Crippen LogP contribution is 2.54. The second-order valence-corrected chi connectivity index (χ2v) is 9.14. The van der Waals surface area contributed by atoms with Crippen molar-refractivity contribution in [3.8, 4) is 0 Å². The van der Waals surface area contributed by atoms with Crippen LogP contribution in [0, 0.1) is 17.8 Å². The van der Waals surface area contributed by atoms with Gasteiger partial charge in [-0.3, -0.25) is 14.5 Å². The summed E-state index contributed by atoms with van der Waals surface area (Å²) in [5, 5.41) is 0. The molecule has 1 aliphatic heterocycles. The molecule has 0 aromatic rings. The number of fused-ring (bicyclic) bond motifs is 2. The molecule has 6 nitrogen and oxygen atoms in total. The Kier molecular flexibility index (Phi) is 4.94. The zero-order valence-corrected chi connectivity index (χ0v) is 16.9. The van der Waals surface area contributed by atoms with Crippen LogP contribution < -0.4 is 5.73 Å². The van der Waals surface area contributed by atoms with E-state index >= 15 is 0 Å². The van der Waals surface area contributed by atoms with Crippen LogP contribution in [-0.2, 0) is 9.59 Å². The fraction of sp³-hybridized carbons (Fsp3) is 0.682. The highest BCUT2D eigenvalue weighted by Gasteiger charge is 2.61. The number of ketones is 1. The number of allylic oxidation sites excluding steroid dienone is 2. The molecule has 2 bridgehead atoms. The summed E-state index contributed by atoms with van der Waals surface area (Å²) in [6.07, 6.45) is 11.0. The largest absolute Gasteiger partial charge is 0.327 e. The smallest absolute Gasteiger partial charge is 0.327 e. The van der Waals surface area contributed by atoms with E-state index in [1.807, 2.05) is 19.1 Å². The summed E-state index contributed by atoms with van der Waals surface area (Å²) in [5.74, 6) is 1.02. The maximum Gasteiger partial charge on any atom is 0.327 e. The second kappa shape index (κ2) is 7.14. The molecule has 4 rings (SSSR count). The van der Waals surface area contributed by atoms with Crippen LogP contribution in [0.4, 0.5) is 4.79 Å². The summed E-state index contributed by atoms with van der Waals surface area (Å²) in [5.41, 5.74) is 6.56. The van der Waals surface area contributed by atoms with Crippen LogP contribution in [0.1, 0.15) is 51.9 Å². The Morgan fingerprint density at radius 2 is 2.07 bits per heavy atom. The number of rotatable bonds is 5. The van der Waals surface area contributed by atoms with Gasteiger partial charge in [-0.1, -0.05) is 24.1 Å². The van der Waals surface area contributed by atoms with Gasteiger partial charge < -0.3 is 10.6 Å². The van der Waals surface area contributed by atoms with Gasteiger partial charge in [0.15, 0.2) is 5.78 Å². The lowest BCUT2D eigenvalue weighted by Gasteiger charge is -2.39. The zero-order chi connectivity index (χ0) is 20.1. The average molecular weight is 386 g/mol. The summed E-state index contributed by atoms with van der Waals surface area (Å²) in [6, 6.07) is -0.346. The van der Waals surface area contributed by atoms with Gasteiger partial charge in [0.1, 0.15) is 5.54 Å². The summed E-state index contributed by atoms with van der Waals surface area (Å²) in [4.78, 5) is 42.0. The van der Waals surface area contributed by atoms with E-state index in [4.69, 9.17) is 5.73 Å². The Morgan fingerprint density at radius 1 is 1.29 bits per heavy atom. The highest BCUT2D eigenvalue weighted by molar-refractivity contribution is 6.11. The maximum absolute atomic E-state index is 13.4. The van der Waals surface area contributed by atoms with E-state index < -0.39 is 5.54 Å². The third-order valence-corrected chi connectivity index (χ3v) is 7.66. The van der Waals surface area contributed by atoms with Gasteiger partial charge in [-0.2, -0.15) is 0 Å². The molecule has 1 saturated heterocycles. The number of hydrogen-bond acceptors (Lipinski definition) is 4. The van der Waals surface area contributed by atoms with Crippen LogP contribution >= 0.6 is 0 Å². The molecule has 0 spiro atoms. The van der Waals surface area contributed by atoms with Gasteiger partial charge in [-0.05, 0) is 63.2 Å². The summed E-state index contributed by atoms with van der Waals surface area (Å²) < 4.78 is 0. The molecule has 3 aliphatic carbocycles. The first-order valence-electron chi connectivity index (χ1n) is 10.6. The number of likely N-dealkylation sites (N-methyl/N-ethyl adjacent to an activating group) is 1. The molecule has 2 N–H and O–H groups in total. The van der Waals surface area contributed by atoms with E-state index in [2.05, 4.69) is 0 Å². The third-order valence-electron chi connectivity index (χ3n) is 7.66. The van der Waals surface area contributed by atoms with E-state index in [1.165, 1.54) is 17.7 Å². The van der Waals surface area contributed by atoms with Gasteiger partial charge in [0.2, 0.25) is 0 Å². The minimum Gasteiger partial charge on any atom is -0.327 e. The van der Waals surface area contributed by atoms with Gasteiger partial charge >= 0.3 is 6.03 Å². The summed E-state index contributed by atoms with van der Waals surface area (Å²) in [6.45, 7) is 2.15. The number of Topliss-reactive ketones (excluding diaryl/α,β-unsaturated/α-hetero) is 1. The Labute approximate surface area is 166 Å². The second-order valence-electron chi connectivity index (χ2n) is 9.14. The van der Waals surface area contributed by atoms with Gasteiger partial charge in [0.05, 0.1) is 6.54 Å². The maximum atomic E-state index is 13.4. The first-order valence-corrected chi connectivity index (χ1v) is 10.6. The first-order chi connectivity index (χ1) is 13.4. The molecule has 2 saturated carbocycles. The zero-order valence-electron chi connectivity index (χ0n) is 16.9. The fourth-order valence-electron chi connectivity index (χ4n) is 5.89. The lowest BCUT2D eigenvalue weighted by molar-refractivity contribution is -0.137. The van der Waals surface area contributed by atoms with Crippen molar-refractivity contribution in [2.24, 2.45) is 23.5 Å². The van der Waals surface area contributed by atoms with E-state index in [1.54, 1.807) is 11.9 Å². The third kappa shape index (κ3) is 2.93. The van der Waals surface area contributed by atoms with Crippen molar-refractivity contribution in [1.82, 2.24) is 9.80 Å². The molecule has 1 heterocycles. The number of nitrogens with two attached hydrogens (primary N) is 1. The lowest BCUT2D eigenvalue weighted by Crippen LogP contribution is -2.53. The molecular formula is C22H31N3O3. The Bertz CT molecular complexity index is 771. The fourth-order valence-corrected chi connectivity index (χ4v) is 5.89. The summed E-state index contributed by atoms with van der Waals surface area (Å²) >= 11 is 0. The van der Waals surface area contributed by atoms with Crippen molar-refractivity contribution in [2.75, 3.05) is 20.1 Å². The van der Waals surface area contributed by atoms with Gasteiger partial charge in [-0.25, -0.2) is 4.79 Å². The van der Waals surface area contributed by atoms with Crippen LogP contribution in [0.2, 0.25) is 0 Å². The molecule has 4 aliphatic rings. The number of imide groups is 1. The first kappa shape index (κ1) is 19.4. The predicted octanol–water partition coefficient (Wildman–Crippen LogP) is 2.64. The topological polar surface area (TPSA) is 83.7 Å². The van der Waals surface area contributed by atoms with Crippen molar-refractivity contribution in [3.63, 3.8) is 0 Å². The molecule has 0 aromatic carbocycles. The Balaban J connectivity index is 1.54. The van der Waals surface area contributed by atoms with E-state index in [9.17, 15) is 14.4 Å². The minimum atomic E-state index is -0.826. The quantitative estimate of drug-likeness (QED) is 0.738. The SMILES string of the molecule is CN1C(=O)N(CC(=O)C2=CCCCC(CN)=C2)C(=O)C1(C)C1C[C@H]2CC[C@@H]1C2. The van der Waals surface area contributed by atoms with Crippen LogP contribution in [-0.4, -0.2) is 53.2 Å². The molecule has 6 heteroatoms. The predicted molar refractivity (Wildman–Crippen MR) is 106 cm³/mol. The molecule has 0 radical (unpaired) electrons. The van der Waals surface area contributed by atoms with Crippen LogP contribution in [0.15, 0.2) is 23.3 Å². The lowest BCUT2D eigenvalue weighted by atomic mass is 9.74. The average Bonchev–Trinajstić information content (AvgIpc) is 3.29. The molecule has 3 amide bonds. The van der Waals surface area contributed by atoms with Crippen molar-refractivity contribution in [2.45, 2.75) is 57.4 Å². The molecule has 28 heavy (non-hydrogen) atoms. The number of carbonyl (C=O) groups excluding carboxylic acids is 3. The van der Waals surface area contributed by atoms with Crippen LogP contribution in [0.25, 0.3) is 0 Å². The molecule has 2 unspecified atom stereocenters. The normalized spacial score (nSPS) is 35.3. The van der Waals surface area contributed by atoms with Gasteiger partial charge in [-0.15, -0.1) is 0 Å². The van der Waals surface area contributed by atoms with Crippen molar-refractivity contribution >= 4 is 17.7 Å². The Morgan fingerprint density at radius 3 is 2.71 bits per heavy atom. The van der Waals surface area contributed by atoms with E-state index in [0.29, 0.717) is 24.0 Å². The standard InChI is InChI=1S/C22H31N3O3/c1-22(18-11-14-7-8-16(18)9-14)20(27)25(21(28)24(22)2)13-19(26)17-6-4-3-5-15(10-17)12-23/h6,10,14,16,18H,3-5,7-9,11-13,23H2,1-2H3/t14-,16+,18?,22?/m0/s1. The van der Waals surface area contributed by atoms with E-state index in [-0.39, 0.29) is 30.2 Å². The van der Waals surface area contributed by atoms with Crippen LogP contribution in [0.5, 0.6) is 0 Å². The van der Waals surface area contributed by atoms with Crippen molar-refractivity contribution in [3.05, 3.63) is 23.3 Å². The monoisotopic (exact) mass is 385 g/mol. The van der Waals surface area contributed by atoms with Crippen molar-refractivity contribution < 1.29 is 14.4 Å². The molecular weight excluding hydrogens is 354 g/mol. The van der Waals surface area contributed by atoms with Gasteiger partial charge in [0, 0.05) is 19.2 Å². The van der Waals surface area contributed by atoms with Gasteiger partial charge in [0.25, 0.3) is 5.91 Å². The molecule has 3 fully saturated rings. The van der Waals surface area contributed by atoms with Crippen LogP contribution in [0.3, 0.4) is 0 Å². The number of nitrogens with zero attached hydrogens (tertiary/aromatic N) is 2. The van der Waals surface area contributed by atoms with Crippen molar-refractivity contribution in [1.29, 1.82) is 0 Å². The number of urea groups is 1. The molecule has 152 valence electrons. The van der Waals surface area contributed by atoms with E-state index in [0.717, 1.165) is 37.7 Å².